The zero-order valence-electron chi connectivity index (χ0n) is 13.9. The Morgan fingerprint density at radius 3 is 2.52 bits per heavy atom. The molecular formula is C16H26N4O2S. The van der Waals surface area contributed by atoms with Crippen molar-refractivity contribution in [2.45, 2.75) is 45.1 Å². The number of methoxy groups -OCH3 is 1. The van der Waals surface area contributed by atoms with Crippen molar-refractivity contribution in [3.63, 3.8) is 0 Å². The summed E-state index contributed by atoms with van der Waals surface area (Å²) in [7, 11) is 1.65. The highest BCUT2D eigenvalue weighted by atomic mass is 32.1. The standard InChI is InChI=1S/C16H26N4O2S/c1-22-12-14-17-16(23-18-14)20-10-6-13(7-11-20)15(21)19-8-4-2-3-5-9-19/h13H,2-12H2,1H3. The van der Waals surface area contributed by atoms with Crippen LogP contribution in [0.15, 0.2) is 0 Å². The molecular weight excluding hydrogens is 312 g/mol. The maximum Gasteiger partial charge on any atom is 0.225 e. The van der Waals surface area contributed by atoms with E-state index in [9.17, 15) is 4.79 Å². The molecule has 6 nitrogen and oxygen atoms in total. The van der Waals surface area contributed by atoms with Gasteiger partial charge in [0.15, 0.2) is 5.82 Å². The van der Waals surface area contributed by atoms with E-state index in [0.29, 0.717) is 12.5 Å². The number of carbonyl (C=O) groups excluding carboxylic acids is 1. The summed E-state index contributed by atoms with van der Waals surface area (Å²) in [6.45, 7) is 4.16. The largest absolute Gasteiger partial charge is 0.377 e. The van der Waals surface area contributed by atoms with Crippen molar-refractivity contribution in [3.8, 4) is 0 Å². The lowest BCUT2D eigenvalue weighted by Crippen LogP contribution is -2.43. The lowest BCUT2D eigenvalue weighted by molar-refractivity contribution is -0.136. The van der Waals surface area contributed by atoms with Crippen molar-refractivity contribution < 1.29 is 9.53 Å². The molecule has 0 atom stereocenters. The Morgan fingerprint density at radius 2 is 1.87 bits per heavy atom. The Kier molecular flexibility index (Phi) is 5.83. The quantitative estimate of drug-likeness (QED) is 0.843. The maximum atomic E-state index is 12.7. The molecule has 0 saturated carbocycles. The fraction of sp³-hybridized carbons (Fsp3) is 0.812. The number of hydrogen-bond donors (Lipinski definition) is 0. The molecule has 2 aliphatic rings. The van der Waals surface area contributed by atoms with Crippen molar-refractivity contribution in [1.29, 1.82) is 0 Å². The number of hydrogen-bond acceptors (Lipinski definition) is 6. The molecule has 0 radical (unpaired) electrons. The first-order valence-electron chi connectivity index (χ1n) is 8.63. The van der Waals surface area contributed by atoms with Gasteiger partial charge < -0.3 is 14.5 Å². The number of amides is 1. The van der Waals surface area contributed by atoms with Gasteiger partial charge in [-0.15, -0.1) is 0 Å². The summed E-state index contributed by atoms with van der Waals surface area (Å²) in [4.78, 5) is 21.6. The number of anilines is 1. The van der Waals surface area contributed by atoms with Crippen molar-refractivity contribution in [3.05, 3.63) is 5.82 Å². The first kappa shape index (κ1) is 16.6. The van der Waals surface area contributed by atoms with Crippen LogP contribution >= 0.6 is 11.5 Å². The summed E-state index contributed by atoms with van der Waals surface area (Å²) in [5.41, 5.74) is 0. The monoisotopic (exact) mass is 338 g/mol. The molecule has 0 aromatic carbocycles. The van der Waals surface area contributed by atoms with Crippen molar-refractivity contribution in [1.82, 2.24) is 14.3 Å². The second-order valence-electron chi connectivity index (χ2n) is 6.43. The second kappa shape index (κ2) is 8.06. The molecule has 1 amide bonds. The normalized spacial score (nSPS) is 20.6. The van der Waals surface area contributed by atoms with Crippen molar-refractivity contribution >= 4 is 22.6 Å². The van der Waals surface area contributed by atoms with E-state index in [1.165, 1.54) is 24.4 Å². The number of nitrogens with zero attached hydrogens (tertiary/aromatic N) is 4. The van der Waals surface area contributed by atoms with Gasteiger partial charge in [0.25, 0.3) is 0 Å². The fourth-order valence-corrected chi connectivity index (χ4v) is 4.15. The summed E-state index contributed by atoms with van der Waals surface area (Å²) < 4.78 is 9.38. The van der Waals surface area contributed by atoms with Gasteiger partial charge in [-0.3, -0.25) is 4.79 Å². The molecule has 7 heteroatoms. The zero-order chi connectivity index (χ0) is 16.1. The Bertz CT molecular complexity index is 506. The lowest BCUT2D eigenvalue weighted by Gasteiger charge is -2.33. The Morgan fingerprint density at radius 1 is 1.17 bits per heavy atom. The topological polar surface area (TPSA) is 58.6 Å². The molecule has 0 unspecified atom stereocenters. The van der Waals surface area contributed by atoms with Crippen LogP contribution in [0.4, 0.5) is 5.13 Å². The minimum atomic E-state index is 0.190. The summed E-state index contributed by atoms with van der Waals surface area (Å²) in [6, 6.07) is 0. The third-order valence-electron chi connectivity index (χ3n) is 4.76. The van der Waals surface area contributed by atoms with E-state index in [1.807, 2.05) is 0 Å². The number of rotatable bonds is 4. The van der Waals surface area contributed by atoms with Gasteiger partial charge in [0.05, 0.1) is 0 Å². The van der Waals surface area contributed by atoms with E-state index >= 15 is 0 Å². The predicted octanol–water partition coefficient (Wildman–Crippen LogP) is 2.30. The third kappa shape index (κ3) is 4.20. The van der Waals surface area contributed by atoms with E-state index in [-0.39, 0.29) is 5.92 Å². The van der Waals surface area contributed by atoms with Gasteiger partial charge in [-0.1, -0.05) is 12.8 Å². The van der Waals surface area contributed by atoms with Crippen molar-refractivity contribution in [2.75, 3.05) is 38.2 Å². The Hall–Kier alpha value is -1.21. The predicted molar refractivity (Wildman–Crippen MR) is 90.6 cm³/mol. The maximum absolute atomic E-state index is 12.7. The van der Waals surface area contributed by atoms with Crippen LogP contribution in [-0.4, -0.2) is 53.5 Å². The van der Waals surface area contributed by atoms with Gasteiger partial charge in [-0.05, 0) is 25.7 Å². The minimum absolute atomic E-state index is 0.190. The van der Waals surface area contributed by atoms with Gasteiger partial charge in [0.2, 0.25) is 11.0 Å². The minimum Gasteiger partial charge on any atom is -0.377 e. The second-order valence-corrected chi connectivity index (χ2v) is 7.16. The molecule has 128 valence electrons. The molecule has 0 spiro atoms. The van der Waals surface area contributed by atoms with Crippen LogP contribution in [0, 0.1) is 5.92 Å². The van der Waals surface area contributed by atoms with Gasteiger partial charge in [-0.25, -0.2) is 4.98 Å². The van der Waals surface area contributed by atoms with E-state index in [2.05, 4.69) is 19.2 Å². The van der Waals surface area contributed by atoms with E-state index in [0.717, 1.165) is 62.8 Å². The first-order valence-corrected chi connectivity index (χ1v) is 9.40. The van der Waals surface area contributed by atoms with Gasteiger partial charge in [0, 0.05) is 50.7 Å². The van der Waals surface area contributed by atoms with Crippen LogP contribution in [0.5, 0.6) is 0 Å². The number of carbonyl (C=O) groups is 1. The number of ether oxygens (including phenoxy) is 1. The molecule has 2 aliphatic heterocycles. The molecule has 23 heavy (non-hydrogen) atoms. The van der Waals surface area contributed by atoms with Crippen LogP contribution in [0.3, 0.4) is 0 Å². The SMILES string of the molecule is COCc1nsc(N2CCC(C(=O)N3CCCCCC3)CC2)n1. The average molecular weight is 338 g/mol. The molecule has 0 bridgehead atoms. The molecule has 3 rings (SSSR count). The number of piperidine rings is 1. The van der Waals surface area contributed by atoms with Crippen LogP contribution < -0.4 is 4.90 Å². The lowest BCUT2D eigenvalue weighted by atomic mass is 9.95. The molecule has 3 heterocycles. The fourth-order valence-electron chi connectivity index (χ4n) is 3.43. The highest BCUT2D eigenvalue weighted by Gasteiger charge is 2.29. The number of aromatic nitrogens is 2. The first-order chi connectivity index (χ1) is 11.3. The molecule has 2 fully saturated rings. The molecule has 1 aromatic heterocycles. The van der Waals surface area contributed by atoms with Gasteiger partial charge in [-0.2, -0.15) is 4.37 Å². The summed E-state index contributed by atoms with van der Waals surface area (Å²) >= 11 is 1.43. The van der Waals surface area contributed by atoms with E-state index in [4.69, 9.17) is 4.74 Å². The van der Waals surface area contributed by atoms with Crippen LogP contribution in [-0.2, 0) is 16.1 Å². The van der Waals surface area contributed by atoms with Crippen LogP contribution in [0.1, 0.15) is 44.3 Å². The highest BCUT2D eigenvalue weighted by Crippen LogP contribution is 2.26. The molecule has 2 saturated heterocycles. The molecule has 0 aliphatic carbocycles. The van der Waals surface area contributed by atoms with Gasteiger partial charge >= 0.3 is 0 Å². The van der Waals surface area contributed by atoms with Crippen LogP contribution in [0.25, 0.3) is 0 Å². The zero-order valence-corrected chi connectivity index (χ0v) is 14.7. The summed E-state index contributed by atoms with van der Waals surface area (Å²) in [5, 5.41) is 0.956. The highest BCUT2D eigenvalue weighted by molar-refractivity contribution is 7.09. The number of likely N-dealkylation sites (tertiary alicyclic amines) is 1. The van der Waals surface area contributed by atoms with Crippen LogP contribution in [0.2, 0.25) is 0 Å². The molecule has 0 N–H and O–H groups in total. The Balaban J connectivity index is 1.51. The average Bonchev–Trinajstić information content (AvgIpc) is 2.88. The Labute approximate surface area is 142 Å². The summed E-state index contributed by atoms with van der Waals surface area (Å²) in [5.74, 6) is 1.31. The smallest absolute Gasteiger partial charge is 0.225 e. The van der Waals surface area contributed by atoms with E-state index < -0.39 is 0 Å². The summed E-state index contributed by atoms with van der Waals surface area (Å²) in [6.07, 6.45) is 6.71. The van der Waals surface area contributed by atoms with E-state index in [1.54, 1.807) is 7.11 Å². The van der Waals surface area contributed by atoms with Crippen molar-refractivity contribution in [2.24, 2.45) is 5.92 Å². The van der Waals surface area contributed by atoms with Gasteiger partial charge in [0.1, 0.15) is 6.61 Å². The third-order valence-corrected chi connectivity index (χ3v) is 5.58. The molecule has 1 aromatic rings.